The second-order valence-electron chi connectivity index (χ2n) is 5.14. The molecular formula is C13H17BN4O2. The molecule has 0 amide bonds. The van der Waals surface area contributed by atoms with Crippen LogP contribution >= 0.6 is 0 Å². The van der Waals surface area contributed by atoms with Crippen molar-refractivity contribution in [2.24, 2.45) is 0 Å². The van der Waals surface area contributed by atoms with Crippen LogP contribution in [0.4, 0.5) is 0 Å². The van der Waals surface area contributed by atoms with Crippen molar-refractivity contribution in [3.05, 3.63) is 42.5 Å². The van der Waals surface area contributed by atoms with Gasteiger partial charge in [-0.3, -0.25) is 9.88 Å². The highest BCUT2D eigenvalue weighted by Gasteiger charge is 2.31. The topological polar surface area (TPSA) is 74.4 Å². The highest BCUT2D eigenvalue weighted by atomic mass is 16.4. The SMILES string of the molecule is OB(O)C1CCN(Cc2ccnn2-c2ccncc2)C1. The third-order valence-corrected chi connectivity index (χ3v) is 3.74. The van der Waals surface area contributed by atoms with Crippen LogP contribution in [-0.4, -0.2) is 49.9 Å². The van der Waals surface area contributed by atoms with E-state index in [2.05, 4.69) is 15.0 Å². The zero-order valence-corrected chi connectivity index (χ0v) is 11.1. The molecule has 0 saturated carbocycles. The predicted molar refractivity (Wildman–Crippen MR) is 75.2 cm³/mol. The molecule has 104 valence electrons. The summed E-state index contributed by atoms with van der Waals surface area (Å²) in [5, 5.41) is 22.8. The average molecular weight is 272 g/mol. The Labute approximate surface area is 117 Å². The van der Waals surface area contributed by atoms with Crippen molar-refractivity contribution in [3.8, 4) is 5.69 Å². The summed E-state index contributed by atoms with van der Waals surface area (Å²) in [5.41, 5.74) is 2.07. The zero-order valence-electron chi connectivity index (χ0n) is 11.1. The average Bonchev–Trinajstić information content (AvgIpc) is 3.09. The third kappa shape index (κ3) is 2.74. The first-order valence-electron chi connectivity index (χ1n) is 6.76. The maximum atomic E-state index is 9.23. The maximum absolute atomic E-state index is 9.23. The third-order valence-electron chi connectivity index (χ3n) is 3.74. The van der Waals surface area contributed by atoms with E-state index in [1.54, 1.807) is 18.6 Å². The van der Waals surface area contributed by atoms with E-state index in [9.17, 15) is 10.0 Å². The lowest BCUT2D eigenvalue weighted by Crippen LogP contribution is -2.25. The molecule has 0 aliphatic carbocycles. The lowest BCUT2D eigenvalue weighted by molar-refractivity contribution is 0.315. The Morgan fingerprint density at radius 2 is 2.00 bits per heavy atom. The normalized spacial score (nSPS) is 19.4. The van der Waals surface area contributed by atoms with E-state index in [0.717, 1.165) is 30.9 Å². The van der Waals surface area contributed by atoms with E-state index in [1.807, 2.05) is 22.9 Å². The number of nitrogens with zero attached hydrogens (tertiary/aromatic N) is 4. The molecule has 1 fully saturated rings. The fourth-order valence-electron chi connectivity index (χ4n) is 2.65. The van der Waals surface area contributed by atoms with Crippen LogP contribution in [0.25, 0.3) is 5.69 Å². The first-order valence-corrected chi connectivity index (χ1v) is 6.76. The van der Waals surface area contributed by atoms with Gasteiger partial charge in [-0.2, -0.15) is 5.10 Å². The number of aromatic nitrogens is 3. The van der Waals surface area contributed by atoms with Crippen molar-refractivity contribution in [1.82, 2.24) is 19.7 Å². The van der Waals surface area contributed by atoms with Crippen molar-refractivity contribution in [1.29, 1.82) is 0 Å². The van der Waals surface area contributed by atoms with Crippen LogP contribution in [0, 0.1) is 0 Å². The smallest absolute Gasteiger partial charge is 0.427 e. The van der Waals surface area contributed by atoms with E-state index in [1.165, 1.54) is 0 Å². The van der Waals surface area contributed by atoms with Gasteiger partial charge in [0, 0.05) is 31.0 Å². The van der Waals surface area contributed by atoms with Gasteiger partial charge in [-0.1, -0.05) is 0 Å². The molecule has 1 saturated heterocycles. The van der Waals surface area contributed by atoms with Crippen molar-refractivity contribution in [3.63, 3.8) is 0 Å². The zero-order chi connectivity index (χ0) is 13.9. The number of pyridine rings is 1. The van der Waals surface area contributed by atoms with E-state index < -0.39 is 7.12 Å². The molecule has 1 atom stereocenters. The van der Waals surface area contributed by atoms with Crippen molar-refractivity contribution >= 4 is 7.12 Å². The molecule has 3 heterocycles. The lowest BCUT2D eigenvalue weighted by atomic mass is 9.72. The molecule has 1 aliphatic heterocycles. The first-order chi connectivity index (χ1) is 9.74. The maximum Gasteiger partial charge on any atom is 0.456 e. The van der Waals surface area contributed by atoms with Crippen LogP contribution in [0.2, 0.25) is 5.82 Å². The lowest BCUT2D eigenvalue weighted by Gasteiger charge is -2.16. The molecule has 1 aliphatic rings. The van der Waals surface area contributed by atoms with Gasteiger partial charge in [-0.05, 0) is 37.7 Å². The van der Waals surface area contributed by atoms with E-state index >= 15 is 0 Å². The van der Waals surface area contributed by atoms with Gasteiger partial charge >= 0.3 is 7.12 Å². The van der Waals surface area contributed by atoms with Gasteiger partial charge in [0.25, 0.3) is 0 Å². The Morgan fingerprint density at radius 1 is 1.20 bits per heavy atom. The van der Waals surface area contributed by atoms with Gasteiger partial charge in [-0.25, -0.2) is 4.68 Å². The molecule has 7 heteroatoms. The van der Waals surface area contributed by atoms with Gasteiger partial charge in [-0.15, -0.1) is 0 Å². The Balaban J connectivity index is 1.72. The van der Waals surface area contributed by atoms with Crippen LogP contribution < -0.4 is 0 Å². The van der Waals surface area contributed by atoms with E-state index in [-0.39, 0.29) is 5.82 Å². The molecule has 6 nitrogen and oxygen atoms in total. The van der Waals surface area contributed by atoms with Gasteiger partial charge < -0.3 is 10.0 Å². The number of likely N-dealkylation sites (tertiary alicyclic amines) is 1. The molecule has 0 spiro atoms. The van der Waals surface area contributed by atoms with Crippen LogP contribution in [0.5, 0.6) is 0 Å². The fourth-order valence-corrected chi connectivity index (χ4v) is 2.65. The summed E-state index contributed by atoms with van der Waals surface area (Å²) in [6.45, 7) is 2.34. The Morgan fingerprint density at radius 3 is 2.70 bits per heavy atom. The first kappa shape index (κ1) is 13.3. The van der Waals surface area contributed by atoms with Crippen molar-refractivity contribution < 1.29 is 10.0 Å². The standard InChI is InChI=1S/C13H17BN4O2/c19-14(20)11-4-8-17(9-11)10-13-3-7-16-18(13)12-1-5-15-6-2-12/h1-3,5-7,11,19-20H,4,8-10H2. The number of hydrogen-bond donors (Lipinski definition) is 2. The van der Waals surface area contributed by atoms with Crippen LogP contribution in [0.3, 0.4) is 0 Å². The molecule has 3 rings (SSSR count). The highest BCUT2D eigenvalue weighted by molar-refractivity contribution is 6.43. The Kier molecular flexibility index (Phi) is 3.82. The summed E-state index contributed by atoms with van der Waals surface area (Å²) in [5.74, 6) is -0.0488. The molecule has 2 N–H and O–H groups in total. The molecule has 1 unspecified atom stereocenters. The fraction of sp³-hybridized carbons (Fsp3) is 0.385. The van der Waals surface area contributed by atoms with Gasteiger partial charge in [0.05, 0.1) is 11.4 Å². The highest BCUT2D eigenvalue weighted by Crippen LogP contribution is 2.24. The summed E-state index contributed by atoms with van der Waals surface area (Å²) < 4.78 is 1.89. The van der Waals surface area contributed by atoms with Crippen LogP contribution in [0.1, 0.15) is 12.1 Å². The van der Waals surface area contributed by atoms with Gasteiger partial charge in [0.2, 0.25) is 0 Å². The minimum absolute atomic E-state index is 0.0488. The molecular weight excluding hydrogens is 255 g/mol. The minimum atomic E-state index is -1.22. The van der Waals surface area contributed by atoms with Gasteiger partial charge in [0.1, 0.15) is 0 Å². The Bertz CT molecular complexity index is 561. The van der Waals surface area contributed by atoms with E-state index in [4.69, 9.17) is 0 Å². The van der Waals surface area contributed by atoms with Crippen LogP contribution in [0.15, 0.2) is 36.8 Å². The Hall–Kier alpha value is -1.70. The second kappa shape index (κ2) is 5.74. The summed E-state index contributed by atoms with van der Waals surface area (Å²) in [4.78, 5) is 6.23. The summed E-state index contributed by atoms with van der Waals surface area (Å²) in [6, 6.07) is 5.82. The quantitative estimate of drug-likeness (QED) is 0.784. The second-order valence-corrected chi connectivity index (χ2v) is 5.14. The molecule has 20 heavy (non-hydrogen) atoms. The predicted octanol–water partition coefficient (Wildman–Crippen LogP) is 0.316. The largest absolute Gasteiger partial charge is 0.456 e. The summed E-state index contributed by atoms with van der Waals surface area (Å²) in [7, 11) is -1.22. The summed E-state index contributed by atoms with van der Waals surface area (Å²) in [6.07, 6.45) is 6.09. The molecule has 0 aromatic carbocycles. The number of rotatable bonds is 4. The molecule has 0 bridgehead atoms. The number of hydrogen-bond acceptors (Lipinski definition) is 5. The summed E-state index contributed by atoms with van der Waals surface area (Å²) >= 11 is 0. The van der Waals surface area contributed by atoms with Crippen molar-refractivity contribution in [2.45, 2.75) is 18.8 Å². The molecule has 0 radical (unpaired) electrons. The van der Waals surface area contributed by atoms with Gasteiger partial charge in [0.15, 0.2) is 0 Å². The monoisotopic (exact) mass is 272 g/mol. The minimum Gasteiger partial charge on any atom is -0.427 e. The van der Waals surface area contributed by atoms with Crippen LogP contribution in [-0.2, 0) is 6.54 Å². The molecule has 2 aromatic rings. The molecule has 2 aromatic heterocycles. The van der Waals surface area contributed by atoms with E-state index in [0.29, 0.717) is 6.54 Å². The van der Waals surface area contributed by atoms with Crippen molar-refractivity contribution in [2.75, 3.05) is 13.1 Å².